The van der Waals surface area contributed by atoms with Gasteiger partial charge in [-0.15, -0.1) is 0 Å². The van der Waals surface area contributed by atoms with Crippen molar-refractivity contribution in [3.8, 4) is 0 Å². The molecule has 1 amide bonds. The van der Waals surface area contributed by atoms with E-state index in [1.807, 2.05) is 6.08 Å². The molecule has 0 aliphatic carbocycles. The van der Waals surface area contributed by atoms with Crippen LogP contribution in [0.3, 0.4) is 0 Å². The number of aliphatic hydroxyl groups excluding tert-OH is 8. The number of hydrogen-bond donors (Lipinski definition) is 9. The Hall–Kier alpha value is -2.05. The fourth-order valence-electron chi connectivity index (χ4n) is 10.7. The molecule has 9 N–H and O–H groups in total. The minimum Gasteiger partial charge on any atom is -0.394 e. The Morgan fingerprint density at radius 2 is 0.825 bits per heavy atom. The summed E-state index contributed by atoms with van der Waals surface area (Å²) in [5.41, 5.74) is 0. The first kappa shape index (κ1) is 74.1. The van der Waals surface area contributed by atoms with E-state index < -0.39 is 86.8 Å². The molecule has 0 spiro atoms. The van der Waals surface area contributed by atoms with E-state index in [-0.39, 0.29) is 18.9 Å². The monoisotopic (exact) mass is 1140 g/mol. The SMILES string of the molecule is CCCCC/C=C\C/C=C\C/C=C\CCCCCCCCC(=O)NC(COC1OC(CO)C(OC2OC(CO)C(O)C(O)C2O)C(O)C1O)C(O)/C=C/CCCCCCCCCCCCCCCCCCCCCCCCCCC. The molecule has 2 saturated heterocycles. The van der Waals surface area contributed by atoms with Gasteiger partial charge in [0.25, 0.3) is 0 Å². The van der Waals surface area contributed by atoms with Gasteiger partial charge in [-0.1, -0.05) is 255 Å². The molecule has 2 aliphatic heterocycles. The van der Waals surface area contributed by atoms with Crippen LogP contribution >= 0.6 is 0 Å². The number of amides is 1. The fourth-order valence-corrected chi connectivity index (χ4v) is 10.7. The van der Waals surface area contributed by atoms with E-state index in [2.05, 4.69) is 55.6 Å². The van der Waals surface area contributed by atoms with E-state index in [1.165, 1.54) is 173 Å². The van der Waals surface area contributed by atoms with Crippen molar-refractivity contribution in [1.82, 2.24) is 5.32 Å². The molecule has 0 aromatic rings. The molecule has 14 heteroatoms. The lowest BCUT2D eigenvalue weighted by Crippen LogP contribution is -2.65. The van der Waals surface area contributed by atoms with Crippen molar-refractivity contribution < 1.29 is 64.6 Å². The third-order valence-corrected chi connectivity index (χ3v) is 16.0. The van der Waals surface area contributed by atoms with E-state index in [4.69, 9.17) is 18.9 Å². The van der Waals surface area contributed by atoms with Gasteiger partial charge in [0.05, 0.1) is 32.0 Å². The highest BCUT2D eigenvalue weighted by molar-refractivity contribution is 5.76. The van der Waals surface area contributed by atoms with E-state index in [0.717, 1.165) is 70.6 Å². The molecule has 2 aliphatic rings. The van der Waals surface area contributed by atoms with Gasteiger partial charge in [-0.2, -0.15) is 0 Å². The predicted octanol–water partition coefficient (Wildman–Crippen LogP) is 12.3. The average Bonchev–Trinajstić information content (AvgIpc) is 3.48. The lowest BCUT2D eigenvalue weighted by atomic mass is 9.97. The number of rotatable bonds is 53. The number of hydrogen-bond acceptors (Lipinski definition) is 13. The van der Waals surface area contributed by atoms with Gasteiger partial charge >= 0.3 is 0 Å². The summed E-state index contributed by atoms with van der Waals surface area (Å²) in [6, 6.07) is -0.924. The molecular weight excluding hydrogens is 1010 g/mol. The lowest BCUT2D eigenvalue weighted by Gasteiger charge is -2.46. The topological polar surface area (TPSA) is 228 Å². The summed E-state index contributed by atoms with van der Waals surface area (Å²) in [6.07, 6.45) is 48.7. The zero-order valence-electron chi connectivity index (χ0n) is 50.6. The Morgan fingerprint density at radius 1 is 0.450 bits per heavy atom. The summed E-state index contributed by atoms with van der Waals surface area (Å²) in [5, 5.41) is 87.3. The van der Waals surface area contributed by atoms with Crippen LogP contribution in [0, 0.1) is 0 Å². The number of aliphatic hydroxyl groups is 8. The van der Waals surface area contributed by atoms with Crippen LogP contribution in [0.1, 0.15) is 271 Å². The first-order chi connectivity index (χ1) is 39.1. The molecule has 0 aromatic carbocycles. The second kappa shape index (κ2) is 51.4. The van der Waals surface area contributed by atoms with Crippen molar-refractivity contribution in [3.05, 3.63) is 48.6 Å². The molecule has 0 radical (unpaired) electrons. The molecule has 468 valence electrons. The predicted molar refractivity (Wildman–Crippen MR) is 323 cm³/mol. The standard InChI is InChI=1S/C66H121NO13/c1-3-5-7-9-11-13-15-17-19-21-23-24-25-26-27-28-29-30-32-33-35-37-39-41-43-45-47-49-55(70)54(67-58(71)50-48-46-44-42-40-38-36-34-31-22-20-18-16-14-12-10-8-6-4-2)53-77-65-63(76)61(74)64(57(52-69)79-65)80-66-62(75)60(73)59(72)56(51-68)78-66/h12,14,18,20,31,34,47,49,54-57,59-66,68-70,72-76H,3-11,13,15-17,19,21-30,32-33,35-46,48,50-53H2,1-2H3,(H,67,71)/b14-12-,20-18-,34-31-,49-47+. The highest BCUT2D eigenvalue weighted by Gasteiger charge is 2.51. The summed E-state index contributed by atoms with van der Waals surface area (Å²) in [5.74, 6) is -0.250. The normalized spacial score (nSPS) is 24.5. The maximum absolute atomic E-state index is 13.3. The average molecular weight is 1140 g/mol. The zero-order valence-corrected chi connectivity index (χ0v) is 50.6. The minimum absolute atomic E-state index is 0.250. The van der Waals surface area contributed by atoms with Crippen LogP contribution in [-0.2, 0) is 23.7 Å². The first-order valence-electron chi connectivity index (χ1n) is 32.9. The molecule has 2 fully saturated rings. The summed E-state index contributed by atoms with van der Waals surface area (Å²) in [6.45, 7) is 2.79. The highest BCUT2D eigenvalue weighted by Crippen LogP contribution is 2.30. The van der Waals surface area contributed by atoms with Gasteiger partial charge in [0.1, 0.15) is 48.8 Å². The van der Waals surface area contributed by atoms with E-state index in [0.29, 0.717) is 6.42 Å². The van der Waals surface area contributed by atoms with E-state index in [1.54, 1.807) is 6.08 Å². The number of nitrogens with one attached hydrogen (secondary N) is 1. The zero-order chi connectivity index (χ0) is 58.1. The van der Waals surface area contributed by atoms with Crippen LogP contribution in [0.4, 0.5) is 0 Å². The number of ether oxygens (including phenoxy) is 4. The smallest absolute Gasteiger partial charge is 0.220 e. The molecule has 0 bridgehead atoms. The molecule has 0 aromatic heterocycles. The van der Waals surface area contributed by atoms with Gasteiger partial charge in [-0.25, -0.2) is 0 Å². The van der Waals surface area contributed by atoms with Crippen LogP contribution < -0.4 is 5.32 Å². The van der Waals surface area contributed by atoms with Crippen LogP contribution in [0.5, 0.6) is 0 Å². The first-order valence-corrected chi connectivity index (χ1v) is 32.9. The molecule has 12 atom stereocenters. The van der Waals surface area contributed by atoms with Gasteiger partial charge in [-0.3, -0.25) is 4.79 Å². The second-order valence-corrected chi connectivity index (χ2v) is 23.2. The molecule has 14 nitrogen and oxygen atoms in total. The Bertz CT molecular complexity index is 1530. The maximum Gasteiger partial charge on any atom is 0.220 e. The van der Waals surface area contributed by atoms with Crippen molar-refractivity contribution in [2.75, 3.05) is 19.8 Å². The molecule has 80 heavy (non-hydrogen) atoms. The lowest BCUT2D eigenvalue weighted by molar-refractivity contribution is -0.359. The maximum atomic E-state index is 13.3. The highest BCUT2D eigenvalue weighted by atomic mass is 16.7. The molecule has 2 rings (SSSR count). The molecule has 0 saturated carbocycles. The molecular formula is C66H121NO13. The van der Waals surface area contributed by atoms with Gasteiger partial charge in [-0.05, 0) is 57.8 Å². The Balaban J connectivity index is 1.72. The van der Waals surface area contributed by atoms with Gasteiger partial charge in [0, 0.05) is 6.42 Å². The number of allylic oxidation sites excluding steroid dienone is 7. The van der Waals surface area contributed by atoms with Crippen molar-refractivity contribution in [2.45, 2.75) is 344 Å². The van der Waals surface area contributed by atoms with E-state index >= 15 is 0 Å². The quantitative estimate of drug-likeness (QED) is 0.0204. The fraction of sp³-hybridized carbons (Fsp3) is 0.864. The van der Waals surface area contributed by atoms with E-state index in [9.17, 15) is 45.6 Å². The Morgan fingerprint density at radius 3 is 1.29 bits per heavy atom. The number of carbonyl (C=O) groups excluding carboxylic acids is 1. The van der Waals surface area contributed by atoms with Crippen LogP contribution in [0.15, 0.2) is 48.6 Å². The van der Waals surface area contributed by atoms with Crippen LogP contribution in [0.25, 0.3) is 0 Å². The second-order valence-electron chi connectivity index (χ2n) is 23.2. The Kier molecular flexibility index (Phi) is 47.6. The Labute approximate surface area is 486 Å². The number of unbranched alkanes of at least 4 members (excludes halogenated alkanes) is 34. The van der Waals surface area contributed by atoms with Crippen molar-refractivity contribution in [2.24, 2.45) is 0 Å². The largest absolute Gasteiger partial charge is 0.394 e. The summed E-state index contributed by atoms with van der Waals surface area (Å²) < 4.78 is 22.8. The van der Waals surface area contributed by atoms with Crippen LogP contribution in [-0.4, -0.2) is 140 Å². The minimum atomic E-state index is -1.79. The summed E-state index contributed by atoms with van der Waals surface area (Å²) >= 11 is 0. The molecule has 2 heterocycles. The van der Waals surface area contributed by atoms with Crippen molar-refractivity contribution >= 4 is 5.91 Å². The third-order valence-electron chi connectivity index (χ3n) is 16.0. The molecule has 12 unspecified atom stereocenters. The van der Waals surface area contributed by atoms with Crippen molar-refractivity contribution in [1.29, 1.82) is 0 Å². The van der Waals surface area contributed by atoms with Gasteiger partial charge in [0.15, 0.2) is 12.6 Å². The third kappa shape index (κ3) is 35.9. The van der Waals surface area contributed by atoms with Gasteiger partial charge < -0.3 is 65.1 Å². The van der Waals surface area contributed by atoms with Gasteiger partial charge in [0.2, 0.25) is 5.91 Å². The summed E-state index contributed by atoms with van der Waals surface area (Å²) in [7, 11) is 0. The van der Waals surface area contributed by atoms with Crippen LogP contribution in [0.2, 0.25) is 0 Å². The summed E-state index contributed by atoms with van der Waals surface area (Å²) in [4.78, 5) is 13.3. The number of carbonyl (C=O) groups is 1. The van der Waals surface area contributed by atoms with Crippen molar-refractivity contribution in [3.63, 3.8) is 0 Å².